The number of hydrogen-bond acceptors (Lipinski definition) is 4. The van der Waals surface area contributed by atoms with Gasteiger partial charge in [-0.15, -0.1) is 11.8 Å². The molecular weight excluding hydrogens is 354 g/mol. The van der Waals surface area contributed by atoms with Gasteiger partial charge in [-0.2, -0.15) is 5.10 Å². The van der Waals surface area contributed by atoms with Crippen LogP contribution in [0.5, 0.6) is 0 Å². The van der Waals surface area contributed by atoms with Gasteiger partial charge in [0.2, 0.25) is 5.91 Å². The first-order valence-electron chi connectivity index (χ1n) is 7.70. The lowest BCUT2D eigenvalue weighted by atomic mass is 10.1. The van der Waals surface area contributed by atoms with Gasteiger partial charge in [-0.3, -0.25) is 9.78 Å². The van der Waals surface area contributed by atoms with E-state index in [1.165, 1.54) is 11.8 Å². The van der Waals surface area contributed by atoms with Crippen molar-refractivity contribution in [2.45, 2.75) is 11.8 Å². The minimum atomic E-state index is -0.177. The van der Waals surface area contributed by atoms with Crippen molar-refractivity contribution in [3.8, 4) is 0 Å². The molecule has 4 nitrogen and oxygen atoms in total. The number of para-hydroxylation sites is 1. The molecule has 0 fully saturated rings. The van der Waals surface area contributed by atoms with E-state index in [4.69, 9.17) is 11.6 Å². The maximum absolute atomic E-state index is 12.1. The minimum Gasteiger partial charge on any atom is -0.272 e. The van der Waals surface area contributed by atoms with Gasteiger partial charge in [-0.25, -0.2) is 5.43 Å². The number of pyridine rings is 1. The smallest absolute Gasteiger partial charge is 0.250 e. The van der Waals surface area contributed by atoms with E-state index in [2.05, 4.69) is 15.5 Å². The van der Waals surface area contributed by atoms with Crippen LogP contribution >= 0.6 is 23.4 Å². The molecule has 0 radical (unpaired) electrons. The van der Waals surface area contributed by atoms with Gasteiger partial charge in [0.25, 0.3) is 0 Å². The van der Waals surface area contributed by atoms with Crippen molar-refractivity contribution in [3.63, 3.8) is 0 Å². The van der Waals surface area contributed by atoms with E-state index in [0.717, 1.165) is 21.4 Å². The molecule has 3 rings (SSSR count). The number of halogens is 1. The number of aromatic nitrogens is 1. The number of rotatable bonds is 5. The molecule has 1 amide bonds. The molecule has 0 bridgehead atoms. The van der Waals surface area contributed by atoms with Gasteiger partial charge in [-0.05, 0) is 25.1 Å². The van der Waals surface area contributed by atoms with Crippen LogP contribution in [0.15, 0.2) is 70.8 Å². The van der Waals surface area contributed by atoms with Crippen molar-refractivity contribution in [1.29, 1.82) is 0 Å². The molecule has 0 aliphatic carbocycles. The summed E-state index contributed by atoms with van der Waals surface area (Å²) in [7, 11) is 0. The van der Waals surface area contributed by atoms with Crippen LogP contribution in [0.1, 0.15) is 12.5 Å². The Bertz CT molecular complexity index is 937. The topological polar surface area (TPSA) is 54.4 Å². The van der Waals surface area contributed by atoms with Crippen molar-refractivity contribution in [3.05, 3.63) is 71.4 Å². The number of nitrogens with one attached hydrogen (secondary N) is 1. The Kier molecular flexibility index (Phi) is 5.68. The quantitative estimate of drug-likeness (QED) is 0.408. The van der Waals surface area contributed by atoms with E-state index in [1.54, 1.807) is 12.3 Å². The molecule has 0 unspecified atom stereocenters. The van der Waals surface area contributed by atoms with Gasteiger partial charge in [0, 0.05) is 27.1 Å². The van der Waals surface area contributed by atoms with E-state index >= 15 is 0 Å². The normalized spacial score (nSPS) is 11.5. The summed E-state index contributed by atoms with van der Waals surface area (Å²) in [4.78, 5) is 17.4. The van der Waals surface area contributed by atoms with Crippen LogP contribution in [-0.2, 0) is 4.79 Å². The number of carbonyl (C=O) groups is 1. The molecule has 0 aliphatic rings. The van der Waals surface area contributed by atoms with E-state index in [9.17, 15) is 4.79 Å². The zero-order valence-electron chi connectivity index (χ0n) is 13.6. The van der Waals surface area contributed by atoms with E-state index in [-0.39, 0.29) is 11.7 Å². The summed E-state index contributed by atoms with van der Waals surface area (Å²) in [5, 5.41) is 5.80. The molecule has 2 aromatic carbocycles. The van der Waals surface area contributed by atoms with E-state index in [0.29, 0.717) is 10.7 Å². The highest BCUT2D eigenvalue weighted by Crippen LogP contribution is 2.25. The number of amides is 1. The molecule has 1 N–H and O–H groups in total. The molecule has 0 saturated heterocycles. The second-order valence-corrected chi connectivity index (χ2v) is 6.76. The lowest BCUT2D eigenvalue weighted by Crippen LogP contribution is -2.21. The van der Waals surface area contributed by atoms with Crippen LogP contribution in [0.25, 0.3) is 10.9 Å². The van der Waals surface area contributed by atoms with Gasteiger partial charge < -0.3 is 0 Å². The van der Waals surface area contributed by atoms with Crippen LogP contribution in [0.3, 0.4) is 0 Å². The fourth-order valence-electron chi connectivity index (χ4n) is 2.33. The maximum atomic E-state index is 12.1. The summed E-state index contributed by atoms with van der Waals surface area (Å²) in [6, 6.07) is 17.2. The Morgan fingerprint density at radius 2 is 1.96 bits per heavy atom. The molecule has 25 heavy (non-hydrogen) atoms. The molecule has 3 aromatic rings. The summed E-state index contributed by atoms with van der Waals surface area (Å²) in [6.07, 6.45) is 1.75. The number of hydrogen-bond donors (Lipinski definition) is 1. The van der Waals surface area contributed by atoms with Crippen LogP contribution in [-0.4, -0.2) is 22.4 Å². The highest BCUT2D eigenvalue weighted by atomic mass is 35.5. The van der Waals surface area contributed by atoms with E-state index < -0.39 is 0 Å². The van der Waals surface area contributed by atoms with Gasteiger partial charge in [-0.1, -0.05) is 48.0 Å². The second kappa shape index (κ2) is 8.14. The molecule has 0 aliphatic heterocycles. The first-order chi connectivity index (χ1) is 12.1. The molecular formula is C19H16ClN3OS. The molecule has 126 valence electrons. The Morgan fingerprint density at radius 3 is 2.80 bits per heavy atom. The van der Waals surface area contributed by atoms with E-state index in [1.807, 2.05) is 55.5 Å². The third kappa shape index (κ3) is 4.38. The largest absolute Gasteiger partial charge is 0.272 e. The monoisotopic (exact) mass is 369 g/mol. The molecule has 6 heteroatoms. The Labute approximate surface area is 155 Å². The summed E-state index contributed by atoms with van der Waals surface area (Å²) >= 11 is 7.57. The van der Waals surface area contributed by atoms with Crippen LogP contribution in [0.4, 0.5) is 0 Å². The minimum absolute atomic E-state index is 0.177. The van der Waals surface area contributed by atoms with Gasteiger partial charge in [0.1, 0.15) is 0 Å². The summed E-state index contributed by atoms with van der Waals surface area (Å²) < 4.78 is 0. The highest BCUT2D eigenvalue weighted by molar-refractivity contribution is 8.00. The molecule has 1 aromatic heterocycles. The van der Waals surface area contributed by atoms with Crippen molar-refractivity contribution >= 4 is 45.9 Å². The predicted octanol–water partition coefficient (Wildman–Crippen LogP) is 4.52. The number of carbonyl (C=O) groups excluding carboxylic acids is 1. The molecule has 0 saturated carbocycles. The molecule has 1 heterocycles. The fraction of sp³-hybridized carbons (Fsp3) is 0.105. The lowest BCUT2D eigenvalue weighted by Gasteiger charge is -2.06. The maximum Gasteiger partial charge on any atom is 0.250 e. The average molecular weight is 370 g/mol. The Hall–Kier alpha value is -2.37. The number of nitrogens with zero attached hydrogens (tertiary/aromatic N) is 2. The van der Waals surface area contributed by atoms with Gasteiger partial charge in [0.05, 0.1) is 17.0 Å². The Morgan fingerprint density at radius 1 is 1.16 bits per heavy atom. The van der Waals surface area contributed by atoms with Crippen molar-refractivity contribution in [1.82, 2.24) is 10.4 Å². The standard InChI is InChI=1S/C19H16ClN3OS/c1-13(15-8-2-3-9-16(15)20)22-23-18(24)12-25-17-10-4-6-14-7-5-11-21-19(14)17/h2-11H,12H2,1H3,(H,23,24)/b22-13-. The molecule has 0 spiro atoms. The average Bonchev–Trinajstić information content (AvgIpc) is 2.64. The number of fused-ring (bicyclic) bond motifs is 1. The first-order valence-corrected chi connectivity index (χ1v) is 9.06. The van der Waals surface area contributed by atoms with Gasteiger partial charge >= 0.3 is 0 Å². The van der Waals surface area contributed by atoms with Crippen molar-refractivity contribution in [2.75, 3.05) is 5.75 Å². The summed E-state index contributed by atoms with van der Waals surface area (Å²) in [6.45, 7) is 1.81. The summed E-state index contributed by atoms with van der Waals surface area (Å²) in [5.74, 6) is 0.0824. The fourth-order valence-corrected chi connectivity index (χ4v) is 3.44. The van der Waals surface area contributed by atoms with Gasteiger partial charge in [0.15, 0.2) is 0 Å². The van der Waals surface area contributed by atoms with Crippen molar-refractivity contribution in [2.24, 2.45) is 5.10 Å². The van der Waals surface area contributed by atoms with Crippen LogP contribution in [0.2, 0.25) is 5.02 Å². The van der Waals surface area contributed by atoms with Crippen molar-refractivity contribution < 1.29 is 4.79 Å². The second-order valence-electron chi connectivity index (χ2n) is 5.33. The number of hydrazone groups is 1. The zero-order chi connectivity index (χ0) is 17.6. The SMILES string of the molecule is C/C(=N/NC(=O)CSc1cccc2cccnc12)c1ccccc1Cl. The summed E-state index contributed by atoms with van der Waals surface area (Å²) in [5.41, 5.74) is 4.94. The highest BCUT2D eigenvalue weighted by Gasteiger charge is 2.07. The van der Waals surface area contributed by atoms with Crippen LogP contribution < -0.4 is 5.43 Å². The third-order valence-corrected chi connectivity index (χ3v) is 4.94. The number of benzene rings is 2. The Balaban J connectivity index is 1.63. The number of thioether (sulfide) groups is 1. The van der Waals surface area contributed by atoms with Crippen LogP contribution in [0, 0.1) is 0 Å². The lowest BCUT2D eigenvalue weighted by molar-refractivity contribution is -0.118. The predicted molar refractivity (Wildman–Crippen MR) is 104 cm³/mol. The first kappa shape index (κ1) is 17.5. The molecule has 0 atom stereocenters. The zero-order valence-corrected chi connectivity index (χ0v) is 15.1. The third-order valence-electron chi connectivity index (χ3n) is 3.57.